The number of allylic oxidation sites excluding steroid dienone is 1. The summed E-state index contributed by atoms with van der Waals surface area (Å²) in [5.41, 5.74) is 1.34. The van der Waals surface area contributed by atoms with E-state index in [-0.39, 0.29) is 19.8 Å². The molecule has 0 atom stereocenters. The van der Waals surface area contributed by atoms with E-state index in [0.717, 1.165) is 0 Å². The first-order chi connectivity index (χ1) is 2.77. The molecule has 6 heavy (non-hydrogen) atoms. The molecule has 0 N–H and O–H groups in total. The molecule has 0 saturated carbocycles. The molecule has 0 rings (SSSR count). The van der Waals surface area contributed by atoms with Gasteiger partial charge in [-0.2, -0.15) is 0 Å². The Labute approximate surface area is 52.4 Å². The Hall–Kier alpha value is 0.820. The van der Waals surface area contributed by atoms with E-state index in [4.69, 9.17) is 8.96 Å². The number of halogens is 1. The zero-order valence-corrected chi connectivity index (χ0v) is 6.95. The van der Waals surface area contributed by atoms with Crippen LogP contribution in [-0.2, 0) is 0 Å². The van der Waals surface area contributed by atoms with E-state index in [1.807, 2.05) is 0 Å². The molecule has 0 nitrogen and oxygen atoms in total. The maximum absolute atomic E-state index is 5.45. The van der Waals surface area contributed by atoms with Crippen LogP contribution < -0.4 is 0 Å². The second kappa shape index (κ2) is 3.99. The second-order valence-corrected chi connectivity index (χ2v) is 3.66. The third-order valence-electron chi connectivity index (χ3n) is 0.280. The fraction of sp³-hybridized carbons (Fsp3) is 0.500. The molecular weight excluding hydrogens is 211 g/mol. The van der Waals surface area contributed by atoms with Crippen molar-refractivity contribution in [2.24, 2.45) is 0 Å². The van der Waals surface area contributed by atoms with Gasteiger partial charge in [0.25, 0.3) is 0 Å². The molecule has 0 aliphatic rings. The molecule has 0 aliphatic carbocycles. The topological polar surface area (TPSA) is 0 Å². The van der Waals surface area contributed by atoms with Crippen molar-refractivity contribution >= 4 is 28.8 Å². The van der Waals surface area contributed by atoms with Crippen LogP contribution in [0, 0.1) is 0 Å². The van der Waals surface area contributed by atoms with Gasteiger partial charge in [-0.25, -0.2) is 0 Å². The zero-order chi connectivity index (χ0) is 4.99. The Bertz CT molecular complexity index is 54.6. The molecular formula is C4H7ClTe. The quantitative estimate of drug-likeness (QED) is 0.588. The van der Waals surface area contributed by atoms with Crippen LogP contribution in [0.5, 0.6) is 0 Å². The molecule has 0 amide bonds. The van der Waals surface area contributed by atoms with E-state index in [0.29, 0.717) is 0 Å². The van der Waals surface area contributed by atoms with Crippen LogP contribution >= 0.6 is 8.96 Å². The van der Waals surface area contributed by atoms with Gasteiger partial charge in [-0.1, -0.05) is 0 Å². The maximum atomic E-state index is 5.45. The fourth-order valence-corrected chi connectivity index (χ4v) is 1.79. The summed E-state index contributed by atoms with van der Waals surface area (Å²) in [4.78, 5) is 0. The molecule has 0 unspecified atom stereocenters. The predicted molar refractivity (Wildman–Crippen MR) is 31.0 cm³/mol. The third-order valence-corrected chi connectivity index (χ3v) is 2.48. The van der Waals surface area contributed by atoms with Crippen molar-refractivity contribution in [2.45, 2.75) is 13.8 Å². The summed E-state index contributed by atoms with van der Waals surface area (Å²) in [5, 5.41) is 0. The molecule has 36 valence electrons. The van der Waals surface area contributed by atoms with Crippen LogP contribution in [0.25, 0.3) is 0 Å². The van der Waals surface area contributed by atoms with Gasteiger partial charge in [-0.05, 0) is 0 Å². The van der Waals surface area contributed by atoms with Crippen molar-refractivity contribution in [3.8, 4) is 0 Å². The minimum atomic E-state index is -0.262. The molecule has 0 fully saturated rings. The standard InChI is InChI=1S/C4H7ClTe/c1-4(2)3-6-5/h3H,1-2H3. The van der Waals surface area contributed by atoms with Crippen molar-refractivity contribution in [1.82, 2.24) is 0 Å². The fourth-order valence-electron chi connectivity index (χ4n) is 0.0891. The molecule has 2 heteroatoms. The van der Waals surface area contributed by atoms with Crippen LogP contribution in [0.1, 0.15) is 13.8 Å². The van der Waals surface area contributed by atoms with Crippen LogP contribution in [0.2, 0.25) is 0 Å². The first-order valence-electron chi connectivity index (χ1n) is 1.68. The molecule has 0 radical (unpaired) electrons. The van der Waals surface area contributed by atoms with Crippen LogP contribution in [0.3, 0.4) is 0 Å². The van der Waals surface area contributed by atoms with E-state index in [2.05, 4.69) is 18.0 Å². The monoisotopic (exact) mass is 220 g/mol. The molecule has 0 saturated heterocycles. The van der Waals surface area contributed by atoms with Crippen LogP contribution in [0.15, 0.2) is 9.70 Å². The molecule has 0 bridgehead atoms. The zero-order valence-electron chi connectivity index (χ0n) is 3.86. The Morgan fingerprint density at radius 2 is 2.17 bits per heavy atom. The van der Waals surface area contributed by atoms with Gasteiger partial charge in [0, 0.05) is 0 Å². The van der Waals surface area contributed by atoms with E-state index in [9.17, 15) is 0 Å². The normalized spacial score (nSPS) is 7.83. The van der Waals surface area contributed by atoms with E-state index < -0.39 is 0 Å². The second-order valence-electron chi connectivity index (χ2n) is 1.28. The van der Waals surface area contributed by atoms with Crippen molar-refractivity contribution in [3.63, 3.8) is 0 Å². The van der Waals surface area contributed by atoms with Crippen LogP contribution in [-0.4, -0.2) is 19.8 Å². The Kier molecular flexibility index (Phi) is 4.54. The average molecular weight is 218 g/mol. The predicted octanol–water partition coefficient (Wildman–Crippen LogP) is 1.77. The molecule has 0 aromatic heterocycles. The molecule has 0 aliphatic heterocycles. The summed E-state index contributed by atoms with van der Waals surface area (Å²) >= 11 is -0.262. The van der Waals surface area contributed by atoms with E-state index >= 15 is 0 Å². The van der Waals surface area contributed by atoms with Gasteiger partial charge in [-0.3, -0.25) is 0 Å². The molecule has 0 aromatic carbocycles. The van der Waals surface area contributed by atoms with Gasteiger partial charge >= 0.3 is 52.3 Å². The molecule has 0 aromatic rings. The first-order valence-corrected chi connectivity index (χ1v) is 5.98. The van der Waals surface area contributed by atoms with E-state index in [1.54, 1.807) is 0 Å². The number of hydrogen-bond donors (Lipinski definition) is 0. The SMILES string of the molecule is CC(C)=C[Te]Cl. The van der Waals surface area contributed by atoms with Crippen molar-refractivity contribution in [1.29, 1.82) is 0 Å². The first kappa shape index (κ1) is 6.82. The molecule has 0 spiro atoms. The number of rotatable bonds is 1. The summed E-state index contributed by atoms with van der Waals surface area (Å²) < 4.78 is 2.10. The van der Waals surface area contributed by atoms with Crippen molar-refractivity contribution < 1.29 is 0 Å². The summed E-state index contributed by atoms with van der Waals surface area (Å²) in [6, 6.07) is 0. The Morgan fingerprint density at radius 1 is 1.67 bits per heavy atom. The van der Waals surface area contributed by atoms with Crippen molar-refractivity contribution in [2.75, 3.05) is 0 Å². The summed E-state index contributed by atoms with van der Waals surface area (Å²) in [6.45, 7) is 4.13. The van der Waals surface area contributed by atoms with Gasteiger partial charge in [0.15, 0.2) is 0 Å². The summed E-state index contributed by atoms with van der Waals surface area (Å²) in [7, 11) is 5.45. The third kappa shape index (κ3) is 4.82. The summed E-state index contributed by atoms with van der Waals surface area (Å²) in [6.07, 6.45) is 0. The Balaban J connectivity index is 3.14. The van der Waals surface area contributed by atoms with Gasteiger partial charge in [-0.15, -0.1) is 0 Å². The van der Waals surface area contributed by atoms with E-state index in [1.165, 1.54) is 5.57 Å². The Morgan fingerprint density at radius 3 is 2.17 bits per heavy atom. The van der Waals surface area contributed by atoms with Gasteiger partial charge < -0.3 is 0 Å². The van der Waals surface area contributed by atoms with Crippen LogP contribution in [0.4, 0.5) is 0 Å². The van der Waals surface area contributed by atoms with Gasteiger partial charge in [0.05, 0.1) is 0 Å². The molecule has 0 heterocycles. The van der Waals surface area contributed by atoms with Gasteiger partial charge in [0.1, 0.15) is 0 Å². The van der Waals surface area contributed by atoms with Gasteiger partial charge in [0.2, 0.25) is 0 Å². The average Bonchev–Trinajstić information content (AvgIpc) is 1.35. The number of hydrogen-bond acceptors (Lipinski definition) is 0. The minimum absolute atomic E-state index is 0.262. The summed E-state index contributed by atoms with van der Waals surface area (Å²) in [5.74, 6) is 0. The van der Waals surface area contributed by atoms with Crippen molar-refractivity contribution in [3.05, 3.63) is 9.70 Å².